The second kappa shape index (κ2) is 8.54. The van der Waals surface area contributed by atoms with Crippen molar-refractivity contribution in [3.05, 3.63) is 83.2 Å². The molecule has 0 radical (unpaired) electrons. The van der Waals surface area contributed by atoms with Gasteiger partial charge in [0.05, 0.1) is 12.0 Å². The minimum absolute atomic E-state index is 0.0656. The highest BCUT2D eigenvalue weighted by Crippen LogP contribution is 2.22. The summed E-state index contributed by atoms with van der Waals surface area (Å²) in [7, 11) is -2.40. The van der Waals surface area contributed by atoms with Gasteiger partial charge >= 0.3 is 0 Å². The zero-order chi connectivity index (χ0) is 21.9. The molecule has 0 aliphatic carbocycles. The van der Waals surface area contributed by atoms with E-state index in [0.717, 1.165) is 0 Å². The molecular formula is C22H21FN2O4S. The first-order chi connectivity index (χ1) is 14.2. The first-order valence-corrected chi connectivity index (χ1v) is 10.5. The van der Waals surface area contributed by atoms with Crippen LogP contribution >= 0.6 is 0 Å². The Morgan fingerprint density at radius 3 is 2.17 bits per heavy atom. The highest BCUT2D eigenvalue weighted by molar-refractivity contribution is 7.92. The van der Waals surface area contributed by atoms with Crippen molar-refractivity contribution in [1.29, 1.82) is 0 Å². The molecule has 1 amide bonds. The Bertz CT molecular complexity index is 1190. The lowest BCUT2D eigenvalue weighted by atomic mass is 10.1. The van der Waals surface area contributed by atoms with Crippen LogP contribution in [0.1, 0.15) is 21.5 Å². The zero-order valence-electron chi connectivity index (χ0n) is 16.7. The molecule has 6 nitrogen and oxygen atoms in total. The van der Waals surface area contributed by atoms with Gasteiger partial charge in [0.25, 0.3) is 15.9 Å². The molecular weight excluding hydrogens is 407 g/mol. The van der Waals surface area contributed by atoms with Crippen LogP contribution in [0.4, 0.5) is 15.8 Å². The molecule has 0 saturated heterocycles. The van der Waals surface area contributed by atoms with Crippen molar-refractivity contribution < 1.29 is 22.3 Å². The van der Waals surface area contributed by atoms with Crippen molar-refractivity contribution in [3.8, 4) is 5.75 Å². The minimum Gasteiger partial charge on any atom is -0.497 e. The fraction of sp³-hybridized carbons (Fsp3) is 0.136. The summed E-state index contributed by atoms with van der Waals surface area (Å²) in [6.45, 7) is 3.31. The zero-order valence-corrected chi connectivity index (χ0v) is 17.5. The van der Waals surface area contributed by atoms with Gasteiger partial charge in [0.1, 0.15) is 11.6 Å². The number of hydrogen-bond donors (Lipinski definition) is 2. The molecule has 0 saturated carbocycles. The van der Waals surface area contributed by atoms with Crippen LogP contribution in [-0.2, 0) is 10.0 Å². The largest absolute Gasteiger partial charge is 0.497 e. The van der Waals surface area contributed by atoms with Crippen LogP contribution < -0.4 is 14.8 Å². The lowest BCUT2D eigenvalue weighted by Gasteiger charge is -2.12. The Kier molecular flexibility index (Phi) is 6.07. The molecule has 0 unspecified atom stereocenters. The molecule has 30 heavy (non-hydrogen) atoms. The van der Waals surface area contributed by atoms with Crippen LogP contribution in [-0.4, -0.2) is 21.4 Å². The van der Waals surface area contributed by atoms with E-state index in [1.54, 1.807) is 56.3 Å². The molecule has 0 spiro atoms. The van der Waals surface area contributed by atoms with Crippen molar-refractivity contribution >= 4 is 27.3 Å². The number of ether oxygens (including phenoxy) is 1. The predicted octanol–water partition coefficient (Wildman–Crippen LogP) is 4.50. The maximum absolute atomic E-state index is 13.7. The van der Waals surface area contributed by atoms with E-state index >= 15 is 0 Å². The van der Waals surface area contributed by atoms with E-state index in [9.17, 15) is 17.6 Å². The van der Waals surface area contributed by atoms with Crippen molar-refractivity contribution in [2.45, 2.75) is 18.7 Å². The van der Waals surface area contributed by atoms with Crippen molar-refractivity contribution in [1.82, 2.24) is 0 Å². The summed E-state index contributed by atoms with van der Waals surface area (Å²) in [6.07, 6.45) is 0. The Morgan fingerprint density at radius 2 is 1.53 bits per heavy atom. The maximum Gasteiger partial charge on any atom is 0.261 e. The van der Waals surface area contributed by atoms with Gasteiger partial charge in [0.2, 0.25) is 0 Å². The first kappa shape index (κ1) is 21.3. The number of aryl methyl sites for hydroxylation is 2. The fourth-order valence-corrected chi connectivity index (χ4v) is 3.84. The van der Waals surface area contributed by atoms with Crippen molar-refractivity contribution in [3.63, 3.8) is 0 Å². The van der Waals surface area contributed by atoms with Crippen LogP contribution in [0.25, 0.3) is 0 Å². The Morgan fingerprint density at radius 1 is 0.900 bits per heavy atom. The Balaban J connectivity index is 1.85. The second-order valence-corrected chi connectivity index (χ2v) is 8.41. The number of anilines is 2. The number of nitrogens with one attached hydrogen (secondary N) is 2. The van der Waals surface area contributed by atoms with Crippen molar-refractivity contribution in [2.75, 3.05) is 17.1 Å². The number of carbonyl (C=O) groups is 1. The number of methoxy groups -OCH3 is 1. The van der Waals surface area contributed by atoms with Gasteiger partial charge in [0, 0.05) is 16.9 Å². The monoisotopic (exact) mass is 428 g/mol. The maximum atomic E-state index is 13.7. The molecule has 0 aromatic heterocycles. The molecule has 0 aliphatic rings. The first-order valence-electron chi connectivity index (χ1n) is 9.04. The molecule has 156 valence electrons. The summed E-state index contributed by atoms with van der Waals surface area (Å²) in [5, 5.41) is 2.60. The quantitative estimate of drug-likeness (QED) is 0.605. The van der Waals surface area contributed by atoms with Gasteiger partial charge in [-0.05, 0) is 73.5 Å². The molecule has 8 heteroatoms. The topological polar surface area (TPSA) is 84.5 Å². The number of rotatable bonds is 6. The van der Waals surface area contributed by atoms with Gasteiger partial charge in [-0.1, -0.05) is 12.1 Å². The van der Waals surface area contributed by atoms with E-state index in [0.29, 0.717) is 22.6 Å². The number of halogens is 1. The van der Waals surface area contributed by atoms with Crippen molar-refractivity contribution in [2.24, 2.45) is 0 Å². The van der Waals surface area contributed by atoms with E-state index in [1.165, 1.54) is 25.3 Å². The number of carbonyl (C=O) groups excluding carboxylic acids is 1. The van der Waals surface area contributed by atoms with Crippen LogP contribution in [0.3, 0.4) is 0 Å². The average molecular weight is 428 g/mol. The second-order valence-electron chi connectivity index (χ2n) is 6.73. The lowest BCUT2D eigenvalue weighted by Crippen LogP contribution is -2.17. The molecule has 3 aromatic rings. The number of hydrogen-bond acceptors (Lipinski definition) is 4. The molecule has 3 aromatic carbocycles. The van der Waals surface area contributed by atoms with Crippen LogP contribution in [0, 0.1) is 19.7 Å². The van der Waals surface area contributed by atoms with Gasteiger partial charge in [-0.3, -0.25) is 9.52 Å². The summed E-state index contributed by atoms with van der Waals surface area (Å²) in [4.78, 5) is 12.6. The third-order valence-corrected chi connectivity index (χ3v) is 5.91. The smallest absolute Gasteiger partial charge is 0.261 e. The summed E-state index contributed by atoms with van der Waals surface area (Å²) in [6, 6.07) is 15.0. The van der Waals surface area contributed by atoms with Gasteiger partial charge in [-0.15, -0.1) is 0 Å². The predicted molar refractivity (Wildman–Crippen MR) is 114 cm³/mol. The van der Waals surface area contributed by atoms with E-state index in [-0.39, 0.29) is 16.1 Å². The van der Waals surface area contributed by atoms with Crippen LogP contribution in [0.2, 0.25) is 0 Å². The van der Waals surface area contributed by atoms with Gasteiger partial charge < -0.3 is 10.1 Å². The van der Waals surface area contributed by atoms with Gasteiger partial charge in [0.15, 0.2) is 0 Å². The minimum atomic E-state index is -3.92. The van der Waals surface area contributed by atoms with Gasteiger partial charge in [-0.25, -0.2) is 12.8 Å². The number of amides is 1. The molecule has 0 heterocycles. The summed E-state index contributed by atoms with van der Waals surface area (Å²) >= 11 is 0. The third kappa shape index (κ3) is 4.77. The molecule has 0 atom stereocenters. The van der Waals surface area contributed by atoms with Crippen LogP contribution in [0.15, 0.2) is 65.6 Å². The summed E-state index contributed by atoms with van der Waals surface area (Å²) in [5.41, 5.74) is 1.86. The summed E-state index contributed by atoms with van der Waals surface area (Å²) < 4.78 is 46.8. The highest BCUT2D eigenvalue weighted by Gasteiger charge is 2.19. The third-order valence-electron chi connectivity index (χ3n) is 4.54. The highest BCUT2D eigenvalue weighted by atomic mass is 32.2. The Labute approximate surface area is 174 Å². The molecule has 0 fully saturated rings. The normalized spacial score (nSPS) is 11.1. The summed E-state index contributed by atoms with van der Waals surface area (Å²) in [5.74, 6) is -0.374. The average Bonchev–Trinajstić information content (AvgIpc) is 2.71. The number of sulfonamides is 1. The van der Waals surface area contributed by atoms with Crippen LogP contribution in [0.5, 0.6) is 5.75 Å². The molecule has 2 N–H and O–H groups in total. The van der Waals surface area contributed by atoms with E-state index < -0.39 is 21.7 Å². The number of benzene rings is 3. The fourth-order valence-electron chi connectivity index (χ4n) is 2.76. The molecule has 0 aliphatic heterocycles. The van der Waals surface area contributed by atoms with E-state index in [4.69, 9.17) is 4.74 Å². The standard InChI is InChI=1S/C22H21FN2O4S/c1-14-5-11-19(30(27,28)25-16-7-9-18(29-3)10-8-16)13-20(14)22(26)24-17-6-4-15(2)21(23)12-17/h4-13,25H,1-3H3,(H,24,26). The lowest BCUT2D eigenvalue weighted by molar-refractivity contribution is 0.102. The Hall–Kier alpha value is -3.39. The van der Waals surface area contributed by atoms with E-state index in [1.807, 2.05) is 0 Å². The van der Waals surface area contributed by atoms with Gasteiger partial charge in [-0.2, -0.15) is 0 Å². The molecule has 3 rings (SSSR count). The molecule has 0 bridgehead atoms. The SMILES string of the molecule is COc1ccc(NS(=O)(=O)c2ccc(C)c(C(=O)Nc3ccc(C)c(F)c3)c2)cc1. The van der Waals surface area contributed by atoms with E-state index in [2.05, 4.69) is 10.0 Å².